The van der Waals surface area contributed by atoms with E-state index in [1.54, 1.807) is 0 Å². The Balaban J connectivity index is 2.23. The van der Waals surface area contributed by atoms with E-state index in [0.29, 0.717) is 10.9 Å². The maximum atomic E-state index is 10.2. The largest absolute Gasteiger partial charge is 0.434 e. The second kappa shape index (κ2) is 6.59. The number of hydrogen-bond donors (Lipinski definition) is 4. The van der Waals surface area contributed by atoms with Crippen molar-refractivity contribution in [1.82, 2.24) is 0 Å². The summed E-state index contributed by atoms with van der Waals surface area (Å²) in [4.78, 5) is 0. The third kappa shape index (κ3) is 2.69. The molecule has 6 N–H and O–H groups in total. The Bertz CT molecular complexity index is 1020. The van der Waals surface area contributed by atoms with Crippen LogP contribution in [0.5, 0.6) is 0 Å². The first kappa shape index (κ1) is 16.8. The Morgan fingerprint density at radius 3 is 1.31 bits per heavy atom. The summed E-state index contributed by atoms with van der Waals surface area (Å²) in [7, 11) is -2.28. The predicted octanol–water partition coefficient (Wildman–Crippen LogP) is 0.952. The zero-order valence-electron chi connectivity index (χ0n) is 14.1. The van der Waals surface area contributed by atoms with Gasteiger partial charge in [-0.3, -0.25) is 0 Å². The van der Waals surface area contributed by atoms with Crippen LogP contribution in [-0.2, 0) is 0 Å². The summed E-state index contributed by atoms with van der Waals surface area (Å²) in [6.07, 6.45) is 0. The van der Waals surface area contributed by atoms with E-state index in [2.05, 4.69) is 0 Å². The average molecular weight is 340 g/mol. The molecule has 0 fully saturated rings. The molecule has 0 aromatic heterocycles. The van der Waals surface area contributed by atoms with Crippen LogP contribution in [0.3, 0.4) is 0 Å². The monoisotopic (exact) mass is 340 g/mol. The van der Waals surface area contributed by atoms with Gasteiger partial charge in [0.05, 0.1) is 0 Å². The third-order valence-electron chi connectivity index (χ3n) is 4.81. The standard InChI is InChI=1S/C20H18B2N2O2/c23-21(25)17-11-9-13-5-1-3-7-15(13)19(17)20-16-8-4-2-6-14(16)10-12-18(20)22(24)26/h1-12,25-26H,23-24H2. The van der Waals surface area contributed by atoms with E-state index in [4.69, 9.17) is 11.3 Å². The molecule has 4 aromatic rings. The summed E-state index contributed by atoms with van der Waals surface area (Å²) in [5.74, 6) is 0. The normalized spacial score (nSPS) is 11.1. The van der Waals surface area contributed by atoms with Crippen molar-refractivity contribution in [3.05, 3.63) is 72.8 Å². The summed E-state index contributed by atoms with van der Waals surface area (Å²) < 4.78 is 0. The first-order valence-corrected chi connectivity index (χ1v) is 8.49. The van der Waals surface area contributed by atoms with E-state index in [9.17, 15) is 10.0 Å². The van der Waals surface area contributed by atoms with Crippen molar-refractivity contribution in [2.75, 3.05) is 0 Å². The molecule has 4 nitrogen and oxygen atoms in total. The Labute approximate surface area is 152 Å². The van der Waals surface area contributed by atoms with Crippen molar-refractivity contribution in [2.45, 2.75) is 0 Å². The summed E-state index contributed by atoms with van der Waals surface area (Å²) in [5, 5.41) is 24.4. The van der Waals surface area contributed by atoms with Crippen molar-refractivity contribution in [3.63, 3.8) is 0 Å². The van der Waals surface area contributed by atoms with Gasteiger partial charge in [0, 0.05) is 0 Å². The predicted molar refractivity (Wildman–Crippen MR) is 110 cm³/mol. The van der Waals surface area contributed by atoms with Crippen LogP contribution in [0.1, 0.15) is 0 Å². The highest BCUT2D eigenvalue weighted by Crippen LogP contribution is 2.32. The molecule has 0 bridgehead atoms. The number of benzene rings is 4. The Morgan fingerprint density at radius 1 is 0.538 bits per heavy atom. The summed E-state index contributed by atoms with van der Waals surface area (Å²) in [5.41, 5.74) is 14.5. The minimum atomic E-state index is -1.14. The highest BCUT2D eigenvalue weighted by molar-refractivity contribution is 6.68. The van der Waals surface area contributed by atoms with Gasteiger partial charge in [-0.1, -0.05) is 72.8 Å². The molecular formula is C20H18B2N2O2. The zero-order chi connectivity index (χ0) is 18.3. The van der Waals surface area contributed by atoms with Gasteiger partial charge in [0.2, 0.25) is 0 Å². The fourth-order valence-corrected chi connectivity index (χ4v) is 3.63. The molecule has 6 heteroatoms. The highest BCUT2D eigenvalue weighted by Gasteiger charge is 2.24. The lowest BCUT2D eigenvalue weighted by Gasteiger charge is -2.19. The molecule has 0 saturated carbocycles. The molecule has 4 rings (SSSR count). The minimum absolute atomic E-state index is 0.599. The molecular weight excluding hydrogens is 322 g/mol. The number of hydrogen-bond acceptors (Lipinski definition) is 4. The van der Waals surface area contributed by atoms with E-state index < -0.39 is 14.1 Å². The van der Waals surface area contributed by atoms with Crippen molar-refractivity contribution in [1.29, 1.82) is 0 Å². The fourth-order valence-electron chi connectivity index (χ4n) is 3.63. The SMILES string of the molecule is NB(O)c1ccc2ccccc2c1-c1c(B(N)O)ccc2ccccc12. The molecule has 0 amide bonds. The third-order valence-corrected chi connectivity index (χ3v) is 4.81. The van der Waals surface area contributed by atoms with E-state index in [1.165, 1.54) is 0 Å². The quantitative estimate of drug-likeness (QED) is 0.418. The molecule has 0 radical (unpaired) electrons. The number of fused-ring (bicyclic) bond motifs is 2. The van der Waals surface area contributed by atoms with Crippen molar-refractivity contribution < 1.29 is 10.0 Å². The molecule has 0 aliphatic carbocycles. The van der Waals surface area contributed by atoms with Crippen LogP contribution in [0.25, 0.3) is 32.7 Å². The summed E-state index contributed by atoms with van der Waals surface area (Å²) in [6.45, 7) is 0. The lowest BCUT2D eigenvalue weighted by Crippen LogP contribution is -2.44. The van der Waals surface area contributed by atoms with Crippen LogP contribution in [0.4, 0.5) is 0 Å². The van der Waals surface area contributed by atoms with Gasteiger partial charge < -0.3 is 21.3 Å². The van der Waals surface area contributed by atoms with Crippen molar-refractivity contribution in [2.24, 2.45) is 11.3 Å². The van der Waals surface area contributed by atoms with Gasteiger partial charge in [0.25, 0.3) is 0 Å². The maximum Gasteiger partial charge on any atom is 0.411 e. The van der Waals surface area contributed by atoms with Gasteiger partial charge in [-0.25, -0.2) is 0 Å². The van der Waals surface area contributed by atoms with Crippen LogP contribution >= 0.6 is 0 Å². The lowest BCUT2D eigenvalue weighted by atomic mass is 9.65. The molecule has 0 spiro atoms. The fraction of sp³-hybridized carbons (Fsp3) is 0. The minimum Gasteiger partial charge on any atom is -0.434 e. The average Bonchev–Trinajstić information content (AvgIpc) is 2.66. The first-order chi connectivity index (χ1) is 12.6. The molecule has 4 aromatic carbocycles. The highest BCUT2D eigenvalue weighted by atomic mass is 16.2. The van der Waals surface area contributed by atoms with Gasteiger partial charge >= 0.3 is 14.1 Å². The van der Waals surface area contributed by atoms with Crippen LogP contribution < -0.4 is 22.2 Å². The number of nitrogens with two attached hydrogens (primary N) is 2. The molecule has 0 aliphatic rings. The summed E-state index contributed by atoms with van der Waals surface area (Å²) in [6, 6.07) is 23.4. The molecule has 0 saturated heterocycles. The van der Waals surface area contributed by atoms with Gasteiger partial charge in [0.1, 0.15) is 0 Å². The van der Waals surface area contributed by atoms with Crippen molar-refractivity contribution in [3.8, 4) is 11.1 Å². The van der Waals surface area contributed by atoms with E-state index in [-0.39, 0.29) is 0 Å². The van der Waals surface area contributed by atoms with Crippen molar-refractivity contribution >= 4 is 46.6 Å². The van der Waals surface area contributed by atoms with Gasteiger partial charge in [-0.05, 0) is 43.6 Å². The topological polar surface area (TPSA) is 92.5 Å². The molecule has 0 aliphatic heterocycles. The first-order valence-electron chi connectivity index (χ1n) is 8.49. The van der Waals surface area contributed by atoms with E-state index in [0.717, 1.165) is 32.7 Å². The molecule has 26 heavy (non-hydrogen) atoms. The van der Waals surface area contributed by atoms with Crippen LogP contribution in [0.15, 0.2) is 72.8 Å². The van der Waals surface area contributed by atoms with Crippen LogP contribution in [-0.4, -0.2) is 24.1 Å². The van der Waals surface area contributed by atoms with Crippen LogP contribution in [0.2, 0.25) is 0 Å². The Hall–Kier alpha value is -2.63. The summed E-state index contributed by atoms with van der Waals surface area (Å²) >= 11 is 0. The molecule has 0 unspecified atom stereocenters. The number of rotatable bonds is 3. The Morgan fingerprint density at radius 2 is 0.923 bits per heavy atom. The smallest absolute Gasteiger partial charge is 0.411 e. The van der Waals surface area contributed by atoms with E-state index >= 15 is 0 Å². The maximum absolute atomic E-state index is 10.2. The van der Waals surface area contributed by atoms with Crippen LogP contribution in [0, 0.1) is 0 Å². The zero-order valence-corrected chi connectivity index (χ0v) is 14.1. The second-order valence-electron chi connectivity index (χ2n) is 6.39. The Kier molecular flexibility index (Phi) is 4.26. The lowest BCUT2D eigenvalue weighted by molar-refractivity contribution is 0.586. The molecule has 0 heterocycles. The van der Waals surface area contributed by atoms with Gasteiger partial charge in [-0.2, -0.15) is 0 Å². The van der Waals surface area contributed by atoms with Gasteiger partial charge in [-0.15, -0.1) is 0 Å². The van der Waals surface area contributed by atoms with E-state index in [1.807, 2.05) is 72.8 Å². The molecule has 0 atom stereocenters. The van der Waals surface area contributed by atoms with Gasteiger partial charge in [0.15, 0.2) is 0 Å². The second-order valence-corrected chi connectivity index (χ2v) is 6.39. The molecule has 126 valence electrons.